The minimum atomic E-state index is -2.14. The lowest BCUT2D eigenvalue weighted by atomic mass is 9.57. The number of fused-ring (bicyclic) bond motifs is 3. The zero-order valence-corrected chi connectivity index (χ0v) is 22.7. The maximum absolute atomic E-state index is 13.9. The molecule has 4 fully saturated rings. The molecule has 5 nitrogen and oxygen atoms in total. The van der Waals surface area contributed by atoms with Gasteiger partial charge in [-0.25, -0.2) is 0 Å². The van der Waals surface area contributed by atoms with Crippen LogP contribution >= 0.6 is 0 Å². The summed E-state index contributed by atoms with van der Waals surface area (Å²) in [7, 11) is -4.24. The molecule has 0 saturated heterocycles. The van der Waals surface area contributed by atoms with Crippen LogP contribution in [0.25, 0.3) is 0 Å². The van der Waals surface area contributed by atoms with Crippen molar-refractivity contribution in [3.8, 4) is 0 Å². The Bertz CT molecular complexity index is 840. The van der Waals surface area contributed by atoms with E-state index in [9.17, 15) is 14.4 Å². The van der Waals surface area contributed by atoms with E-state index in [1.54, 1.807) is 0 Å². The first-order valence-corrected chi connectivity index (χ1v) is 19.2. The van der Waals surface area contributed by atoms with E-state index in [0.717, 1.165) is 44.8 Å². The molecule has 0 heterocycles. The van der Waals surface area contributed by atoms with Crippen LogP contribution in [0.5, 0.6) is 0 Å². The first-order valence-electron chi connectivity index (χ1n) is 12.3. The van der Waals surface area contributed by atoms with Crippen LogP contribution < -0.4 is 0 Å². The molecular weight excluding hydrogens is 436 g/mol. The fourth-order valence-corrected chi connectivity index (χ4v) is 9.48. The summed E-state index contributed by atoms with van der Waals surface area (Å²) in [5.74, 6) is -0.992. The van der Waals surface area contributed by atoms with Crippen LogP contribution in [0.2, 0.25) is 39.3 Å². The van der Waals surface area contributed by atoms with E-state index in [2.05, 4.69) is 6.58 Å². The maximum Gasteiger partial charge on any atom is 0.296 e. The Morgan fingerprint density at radius 3 is 2.22 bits per heavy atom. The number of carbonyl (C=O) groups excluding carboxylic acids is 3. The molecule has 7 unspecified atom stereocenters. The summed E-state index contributed by atoms with van der Waals surface area (Å²) in [6.45, 7) is 16.5. The molecule has 178 valence electrons. The van der Waals surface area contributed by atoms with Crippen molar-refractivity contribution in [2.75, 3.05) is 0 Å². The number of hydrogen-bond acceptors (Lipinski definition) is 5. The fraction of sp³-hybridized carbons (Fsp3) is 0.800. The quantitative estimate of drug-likeness (QED) is 0.304. The smallest absolute Gasteiger partial charge is 0.296 e. The third kappa shape index (κ3) is 3.67. The fourth-order valence-electron chi connectivity index (χ4n) is 7.99. The molecule has 32 heavy (non-hydrogen) atoms. The first-order chi connectivity index (χ1) is 14.7. The Balaban J connectivity index is 1.85. The Labute approximate surface area is 195 Å². The van der Waals surface area contributed by atoms with Gasteiger partial charge in [-0.3, -0.25) is 9.59 Å². The van der Waals surface area contributed by atoms with E-state index in [1.165, 1.54) is 5.57 Å². The molecule has 0 amide bonds. The molecule has 1 spiro atoms. The molecule has 0 aromatic heterocycles. The molecule has 4 saturated carbocycles. The molecule has 0 aromatic rings. The summed E-state index contributed by atoms with van der Waals surface area (Å²) in [6, 6.07) is 0. The third-order valence-electron chi connectivity index (χ3n) is 8.65. The highest BCUT2D eigenvalue weighted by Gasteiger charge is 2.74. The van der Waals surface area contributed by atoms with Crippen molar-refractivity contribution in [2.45, 2.75) is 84.2 Å². The van der Waals surface area contributed by atoms with Crippen LogP contribution in [0.1, 0.15) is 44.9 Å². The lowest BCUT2D eigenvalue weighted by molar-refractivity contribution is -0.154. The zero-order valence-electron chi connectivity index (χ0n) is 20.7. The van der Waals surface area contributed by atoms with Crippen molar-refractivity contribution >= 4 is 34.9 Å². The van der Waals surface area contributed by atoms with Crippen LogP contribution in [-0.2, 0) is 23.2 Å². The van der Waals surface area contributed by atoms with Gasteiger partial charge in [0.05, 0.1) is 11.8 Å². The summed E-state index contributed by atoms with van der Waals surface area (Å²) in [4.78, 5) is 40.3. The molecule has 0 radical (unpaired) electrons. The van der Waals surface area contributed by atoms with Crippen LogP contribution in [0.15, 0.2) is 12.2 Å². The Morgan fingerprint density at radius 1 is 1.00 bits per heavy atom. The molecule has 4 aliphatic carbocycles. The Kier molecular flexibility index (Phi) is 5.72. The second kappa shape index (κ2) is 7.65. The number of aldehydes is 1. The second-order valence-electron chi connectivity index (χ2n) is 12.9. The number of allylic oxidation sites excluding steroid dienone is 1. The van der Waals surface area contributed by atoms with E-state index < -0.39 is 33.9 Å². The van der Waals surface area contributed by atoms with Gasteiger partial charge >= 0.3 is 0 Å². The minimum absolute atomic E-state index is 0.120. The molecule has 0 aliphatic heterocycles. The highest BCUT2D eigenvalue weighted by atomic mass is 28.4. The monoisotopic (exact) mass is 476 g/mol. The van der Waals surface area contributed by atoms with Crippen LogP contribution in [0.3, 0.4) is 0 Å². The molecular formula is C25H40O5Si2. The highest BCUT2D eigenvalue weighted by Crippen LogP contribution is 2.75. The first kappa shape index (κ1) is 23.9. The van der Waals surface area contributed by atoms with Gasteiger partial charge in [-0.1, -0.05) is 18.6 Å². The van der Waals surface area contributed by atoms with Gasteiger partial charge in [0.1, 0.15) is 6.29 Å². The predicted octanol–water partition coefficient (Wildman–Crippen LogP) is 5.34. The van der Waals surface area contributed by atoms with Crippen molar-refractivity contribution in [1.82, 2.24) is 0 Å². The summed E-state index contributed by atoms with van der Waals surface area (Å²) >= 11 is 0. The zero-order chi connectivity index (χ0) is 23.7. The van der Waals surface area contributed by atoms with Crippen molar-refractivity contribution in [3.05, 3.63) is 12.2 Å². The number of hydrogen-bond donors (Lipinski definition) is 0. The minimum Gasteiger partial charge on any atom is -0.520 e. The van der Waals surface area contributed by atoms with E-state index in [-0.39, 0.29) is 29.2 Å². The van der Waals surface area contributed by atoms with E-state index in [1.807, 2.05) is 39.3 Å². The van der Waals surface area contributed by atoms with E-state index in [4.69, 9.17) is 8.85 Å². The summed E-state index contributed by atoms with van der Waals surface area (Å²) in [6.07, 6.45) is 7.08. The standard InChI is InChI=1S/C25H40O5Si2/c1-16-13-25-14-17(16)10-11-19(25)24(15-26)12-8-9-18(22(27)29-31(2,3)4)20(24)21(25)23(28)30-32(5,6)7/h15,17-21H,1,8-14H2,2-7H3. The van der Waals surface area contributed by atoms with Gasteiger partial charge < -0.3 is 13.6 Å². The molecule has 4 rings (SSSR count). The van der Waals surface area contributed by atoms with Crippen molar-refractivity contribution in [1.29, 1.82) is 0 Å². The van der Waals surface area contributed by atoms with E-state index >= 15 is 0 Å². The molecule has 0 aromatic carbocycles. The van der Waals surface area contributed by atoms with E-state index in [0.29, 0.717) is 12.3 Å². The molecule has 7 heteroatoms. The maximum atomic E-state index is 13.9. The van der Waals surface area contributed by atoms with Crippen LogP contribution in [0, 0.1) is 40.4 Å². The summed E-state index contributed by atoms with van der Waals surface area (Å²) < 4.78 is 12.1. The molecule has 0 N–H and O–H groups in total. The predicted molar refractivity (Wildman–Crippen MR) is 129 cm³/mol. The van der Waals surface area contributed by atoms with Gasteiger partial charge in [-0.15, -0.1) is 0 Å². The average Bonchev–Trinajstić information content (AvgIpc) is 3.05. The molecule has 2 bridgehead atoms. The van der Waals surface area contributed by atoms with Crippen molar-refractivity contribution in [2.24, 2.45) is 40.4 Å². The largest absolute Gasteiger partial charge is 0.520 e. The summed E-state index contributed by atoms with van der Waals surface area (Å²) in [5.41, 5.74) is 0.281. The molecule has 4 aliphatic rings. The van der Waals surface area contributed by atoms with Gasteiger partial charge in [0, 0.05) is 5.41 Å². The van der Waals surface area contributed by atoms with Gasteiger partial charge in [-0.05, 0) is 101 Å². The normalized spacial score (nSPS) is 40.9. The molecule has 7 atom stereocenters. The Hall–Kier alpha value is -1.22. The van der Waals surface area contributed by atoms with Crippen LogP contribution in [0.4, 0.5) is 0 Å². The lowest BCUT2D eigenvalue weighted by Crippen LogP contribution is -2.49. The van der Waals surface area contributed by atoms with Gasteiger partial charge in [-0.2, -0.15) is 0 Å². The van der Waals surface area contributed by atoms with Crippen molar-refractivity contribution < 1.29 is 23.2 Å². The number of carbonyl (C=O) groups is 3. The summed E-state index contributed by atoms with van der Waals surface area (Å²) in [5, 5.41) is 0. The Morgan fingerprint density at radius 2 is 1.62 bits per heavy atom. The SMILES string of the molecule is C=C1CC23CC1CCC2C1(C=O)CCCC(C(=O)O[Si](C)(C)C)C1C3C(=O)O[Si](C)(C)C. The van der Waals surface area contributed by atoms with Gasteiger partial charge in [0.2, 0.25) is 16.6 Å². The lowest BCUT2D eigenvalue weighted by Gasteiger charge is -2.45. The topological polar surface area (TPSA) is 69.7 Å². The van der Waals surface area contributed by atoms with Crippen molar-refractivity contribution in [3.63, 3.8) is 0 Å². The average molecular weight is 477 g/mol. The van der Waals surface area contributed by atoms with Crippen LogP contribution in [-0.4, -0.2) is 34.9 Å². The second-order valence-corrected chi connectivity index (χ2v) is 21.8. The number of rotatable bonds is 5. The third-order valence-corrected chi connectivity index (χ3v) is 10.3. The highest BCUT2D eigenvalue weighted by molar-refractivity contribution is 6.71. The van der Waals surface area contributed by atoms with Gasteiger partial charge in [0.25, 0.3) is 11.9 Å². The van der Waals surface area contributed by atoms with Gasteiger partial charge in [0.15, 0.2) is 0 Å².